The van der Waals surface area contributed by atoms with Crippen LogP contribution in [0.3, 0.4) is 0 Å². The lowest BCUT2D eigenvalue weighted by Gasteiger charge is -2.26. The van der Waals surface area contributed by atoms with E-state index in [4.69, 9.17) is 47.8 Å². The summed E-state index contributed by atoms with van der Waals surface area (Å²) in [5.41, 5.74) is 5.04. The fourth-order valence-electron chi connectivity index (χ4n) is 3.11. The average Bonchev–Trinajstić information content (AvgIpc) is 3.76. The van der Waals surface area contributed by atoms with Crippen LogP contribution < -0.4 is 15.9 Å². The summed E-state index contributed by atoms with van der Waals surface area (Å²) in [6.07, 6.45) is -0.883. The van der Waals surface area contributed by atoms with Gasteiger partial charge in [0, 0.05) is 31.2 Å². The molecule has 1 aliphatic rings. The van der Waals surface area contributed by atoms with Crippen molar-refractivity contribution < 1.29 is 55.8 Å². The van der Waals surface area contributed by atoms with E-state index in [2.05, 4.69) is 22.8 Å². The van der Waals surface area contributed by atoms with E-state index in [0.29, 0.717) is 12.5 Å². The van der Waals surface area contributed by atoms with Crippen LogP contribution in [0.5, 0.6) is 0 Å². The number of aliphatic hydroxyl groups excluding tert-OH is 2. The molecule has 1 aliphatic heterocycles. The first kappa shape index (κ1) is 58.2. The standard InChI is InChI=1S/C10H24NO4PS.C9H22NO4P.C8H18NO3P.C3H9NO.CH4/c1-8(2)14-16(12,15-9(3)4)11-10(5)6-13-7-17;1-7(2)13-15(12,14-8(3)4)10-9(5)6-11;1-7(2)11-13(10,9-5-6-9)12-8(3)4;1-3(4)2-5;/h8-10,17H,6-7H2,1-5H3,(H,11,12);7-9,11H,6H2,1-5H3,(H,10,12);7-8H,5-6H2,1-4H3;3,5H,2,4H2,1H3;1H4/t10-;9-;;3-;/m00.0./s1. The number of hydrogen-bond donors (Lipinski definition) is 6. The zero-order chi connectivity index (χ0) is 39.9. The zero-order valence-electron chi connectivity index (χ0n) is 33.2. The molecule has 0 spiro atoms. The zero-order valence-corrected chi connectivity index (χ0v) is 36.8. The molecule has 51 heavy (non-hydrogen) atoms. The molecule has 1 saturated heterocycles. The summed E-state index contributed by atoms with van der Waals surface area (Å²) in [6.45, 7) is 29.1. The van der Waals surface area contributed by atoms with Gasteiger partial charge in [0.25, 0.3) is 0 Å². The van der Waals surface area contributed by atoms with Gasteiger partial charge in [-0.3, -0.25) is 27.1 Å². The van der Waals surface area contributed by atoms with Crippen LogP contribution in [0.1, 0.15) is 111 Å². The van der Waals surface area contributed by atoms with Crippen molar-refractivity contribution >= 4 is 35.9 Å². The minimum Gasteiger partial charge on any atom is -0.395 e. The molecule has 0 aromatic rings. The van der Waals surface area contributed by atoms with Crippen LogP contribution in [0, 0.1) is 0 Å². The van der Waals surface area contributed by atoms with Crippen molar-refractivity contribution in [3.63, 3.8) is 0 Å². The van der Waals surface area contributed by atoms with Gasteiger partial charge in [-0.15, -0.1) is 0 Å². The Labute approximate surface area is 316 Å². The summed E-state index contributed by atoms with van der Waals surface area (Å²) in [5, 5.41) is 22.4. The molecule has 0 radical (unpaired) electrons. The van der Waals surface area contributed by atoms with Gasteiger partial charge in [-0.25, -0.2) is 28.5 Å². The minimum absolute atomic E-state index is 0. The summed E-state index contributed by atoms with van der Waals surface area (Å²) in [5.74, 6) is 0.326. The maximum absolute atomic E-state index is 12.4. The van der Waals surface area contributed by atoms with Gasteiger partial charge in [-0.1, -0.05) is 7.43 Å². The van der Waals surface area contributed by atoms with Gasteiger partial charge in [0.2, 0.25) is 0 Å². The Morgan fingerprint density at radius 2 is 0.902 bits per heavy atom. The lowest BCUT2D eigenvalue weighted by atomic mass is 10.4. The first-order valence-electron chi connectivity index (χ1n) is 17.2. The second kappa shape index (κ2) is 30.7. The highest BCUT2D eigenvalue weighted by atomic mass is 32.1. The number of hydrogen-bond acceptors (Lipinski definition) is 14. The molecule has 0 amide bonds. The largest absolute Gasteiger partial charge is 0.408 e. The van der Waals surface area contributed by atoms with Gasteiger partial charge < -0.3 is 20.7 Å². The summed E-state index contributed by atoms with van der Waals surface area (Å²) in [7, 11) is -9.56. The minimum atomic E-state index is -3.31. The molecule has 20 heteroatoms. The second-order valence-electron chi connectivity index (χ2n) is 13.2. The van der Waals surface area contributed by atoms with Gasteiger partial charge in [0.05, 0.1) is 62.4 Å². The van der Waals surface area contributed by atoms with E-state index in [1.165, 1.54) is 0 Å². The van der Waals surface area contributed by atoms with E-state index < -0.39 is 23.2 Å². The molecule has 16 nitrogen and oxygen atoms in total. The summed E-state index contributed by atoms with van der Waals surface area (Å²) in [6, 6.07) is -0.520. The van der Waals surface area contributed by atoms with Crippen LogP contribution >= 0.6 is 35.9 Å². The van der Waals surface area contributed by atoms with Gasteiger partial charge in [0.1, 0.15) is 0 Å². The van der Waals surface area contributed by atoms with E-state index in [1.54, 1.807) is 46.2 Å². The smallest absolute Gasteiger partial charge is 0.395 e. The number of nitrogens with one attached hydrogen (secondary N) is 2. The van der Waals surface area contributed by atoms with Crippen LogP contribution in [0.15, 0.2) is 0 Å². The van der Waals surface area contributed by atoms with Gasteiger partial charge in [-0.05, 0) is 104 Å². The second-order valence-corrected chi connectivity index (χ2v) is 18.8. The molecule has 0 aromatic heterocycles. The van der Waals surface area contributed by atoms with Crippen LogP contribution in [-0.4, -0.2) is 108 Å². The van der Waals surface area contributed by atoms with Crippen LogP contribution in [0.4, 0.5) is 0 Å². The molecule has 1 fully saturated rings. The molecule has 3 atom stereocenters. The monoisotopic (exact) mass is 822 g/mol. The lowest BCUT2D eigenvalue weighted by molar-refractivity contribution is 0.121. The Hall–Kier alpha value is 0.520. The highest BCUT2D eigenvalue weighted by Gasteiger charge is 2.42. The molecule has 0 aromatic carbocycles. The van der Waals surface area contributed by atoms with E-state index in [1.807, 2.05) is 62.3 Å². The highest BCUT2D eigenvalue weighted by molar-refractivity contribution is 7.80. The Kier molecular flexibility index (Phi) is 35.1. The Balaban J connectivity index is -0.000000303. The number of nitrogens with two attached hydrogens (primary N) is 1. The van der Waals surface area contributed by atoms with Gasteiger partial charge >= 0.3 is 23.2 Å². The number of thiol groups is 1. The Morgan fingerprint density at radius 3 is 1.12 bits per heavy atom. The molecule has 0 aliphatic carbocycles. The Bertz CT molecular complexity index is 936. The molecule has 0 saturated carbocycles. The number of ether oxygens (including phenoxy) is 1. The van der Waals surface area contributed by atoms with E-state index in [9.17, 15) is 13.7 Å². The normalized spacial score (nSPS) is 15.5. The molecule has 0 unspecified atom stereocenters. The molecular formula is C31H77N4O12P3S. The van der Waals surface area contributed by atoms with E-state index in [0.717, 1.165) is 13.1 Å². The van der Waals surface area contributed by atoms with Crippen molar-refractivity contribution in [1.82, 2.24) is 14.8 Å². The first-order chi connectivity index (χ1) is 22.8. The number of nitrogens with zero attached hydrogens (tertiary/aromatic N) is 1. The fourth-order valence-corrected chi connectivity index (χ4v) is 8.98. The van der Waals surface area contributed by atoms with Crippen LogP contribution in [-0.2, 0) is 45.6 Å². The maximum Gasteiger partial charge on any atom is 0.408 e. The summed E-state index contributed by atoms with van der Waals surface area (Å²) >= 11 is 3.94. The molecule has 6 N–H and O–H groups in total. The average molecular weight is 823 g/mol. The third-order valence-electron chi connectivity index (χ3n) is 4.63. The van der Waals surface area contributed by atoms with Crippen LogP contribution in [0.2, 0.25) is 0 Å². The molecule has 1 heterocycles. The van der Waals surface area contributed by atoms with E-state index in [-0.39, 0.29) is 75.4 Å². The lowest BCUT2D eigenvalue weighted by Crippen LogP contribution is -2.31. The predicted molar refractivity (Wildman–Crippen MR) is 211 cm³/mol. The quantitative estimate of drug-likeness (QED) is 0.0282. The predicted octanol–water partition coefficient (Wildman–Crippen LogP) is 6.96. The molecule has 0 bridgehead atoms. The maximum atomic E-state index is 12.4. The van der Waals surface area contributed by atoms with Gasteiger partial charge in [-0.2, -0.15) is 12.6 Å². The third kappa shape index (κ3) is 35.9. The Morgan fingerprint density at radius 1 is 0.608 bits per heavy atom. The SMILES string of the molecule is C.CC(C)OP(=O)(N[C@@H](C)CO)OC(C)C.CC(C)OP(=O)(N[C@@H](C)COCS)OC(C)C.CC(C)OP(=O)(OC(C)C)N1CC1.C[C@H](N)CO. The molecule has 1 rings (SSSR count). The topological polar surface area (TPSA) is 209 Å². The fraction of sp³-hybridized carbons (Fsp3) is 1.00. The summed E-state index contributed by atoms with van der Waals surface area (Å²) < 4.78 is 75.3. The first-order valence-corrected chi connectivity index (χ1v) is 22.4. The number of aliphatic hydroxyl groups is 2. The van der Waals surface area contributed by atoms with Crippen molar-refractivity contribution in [3.8, 4) is 0 Å². The molecule has 314 valence electrons. The van der Waals surface area contributed by atoms with E-state index >= 15 is 0 Å². The highest BCUT2D eigenvalue weighted by Crippen LogP contribution is 2.57. The summed E-state index contributed by atoms with van der Waals surface area (Å²) in [4.78, 5) is 0. The van der Waals surface area contributed by atoms with Crippen molar-refractivity contribution in [2.75, 3.05) is 38.8 Å². The molecular weight excluding hydrogens is 745 g/mol. The van der Waals surface area contributed by atoms with Crippen molar-refractivity contribution in [2.24, 2.45) is 5.73 Å². The number of rotatable bonds is 22. The van der Waals surface area contributed by atoms with Crippen LogP contribution in [0.25, 0.3) is 0 Å². The third-order valence-corrected chi connectivity index (χ3v) is 11.6. The van der Waals surface area contributed by atoms with Crippen molar-refractivity contribution in [3.05, 3.63) is 0 Å². The van der Waals surface area contributed by atoms with Crippen molar-refractivity contribution in [2.45, 2.75) is 166 Å². The van der Waals surface area contributed by atoms with Crippen molar-refractivity contribution in [1.29, 1.82) is 0 Å². The van der Waals surface area contributed by atoms with Gasteiger partial charge in [0.15, 0.2) is 0 Å².